The van der Waals surface area contributed by atoms with Crippen molar-refractivity contribution in [3.63, 3.8) is 0 Å². The second-order valence-corrected chi connectivity index (χ2v) is 11.9. The van der Waals surface area contributed by atoms with Crippen LogP contribution in [-0.4, -0.2) is 16.7 Å². The molecule has 4 rings (SSSR count). The summed E-state index contributed by atoms with van der Waals surface area (Å²) in [7, 11) is 0. The van der Waals surface area contributed by atoms with E-state index in [0.717, 1.165) is 49.8 Å². The normalized spacial score (nSPS) is 17.4. The fraction of sp³-hybridized carbons (Fsp3) is 0.441. The molecule has 3 nitrogen and oxygen atoms in total. The van der Waals surface area contributed by atoms with Crippen LogP contribution in [0.3, 0.4) is 0 Å². The molecule has 1 fully saturated rings. The minimum atomic E-state index is -0.340. The Labute approximate surface area is 234 Å². The third-order valence-corrected chi connectivity index (χ3v) is 8.69. The molecule has 1 N–H and O–H groups in total. The van der Waals surface area contributed by atoms with Crippen LogP contribution in [0.25, 0.3) is 0 Å². The minimum absolute atomic E-state index is 0.215. The second-order valence-electron chi connectivity index (χ2n) is 11.4. The zero-order chi connectivity index (χ0) is 27.1. The summed E-state index contributed by atoms with van der Waals surface area (Å²) >= 11 is 4.47. The highest BCUT2D eigenvalue weighted by Crippen LogP contribution is 2.39. The lowest BCUT2D eigenvalue weighted by Crippen LogP contribution is -2.33. The maximum Gasteiger partial charge on any atom is 0.338 e. The van der Waals surface area contributed by atoms with Crippen LogP contribution in [-0.2, 0) is 4.74 Å². The highest BCUT2D eigenvalue weighted by molar-refractivity contribution is 7.80. The molecule has 0 saturated heterocycles. The smallest absolute Gasteiger partial charge is 0.338 e. The average molecular weight is 531 g/mol. The van der Waals surface area contributed by atoms with Gasteiger partial charge in [-0.05, 0) is 123 Å². The zero-order valence-electron chi connectivity index (χ0n) is 23.0. The maximum atomic E-state index is 13.0. The lowest BCUT2D eigenvalue weighted by atomic mass is 9.78. The quantitative estimate of drug-likeness (QED) is 0.203. The number of esters is 1. The van der Waals surface area contributed by atoms with E-state index < -0.39 is 0 Å². The first-order chi connectivity index (χ1) is 18.3. The van der Waals surface area contributed by atoms with Crippen molar-refractivity contribution in [2.45, 2.75) is 100 Å². The highest BCUT2D eigenvalue weighted by Gasteiger charge is 2.31. The number of rotatable bonds is 10. The first kappa shape index (κ1) is 28.3. The number of hydrogen-bond donors (Lipinski definition) is 2. The number of carbonyl (C=O) groups is 1. The molecule has 38 heavy (non-hydrogen) atoms. The second kappa shape index (κ2) is 12.9. The van der Waals surface area contributed by atoms with E-state index in [1.807, 2.05) is 24.3 Å². The molecule has 0 radical (unpaired) electrons. The molecule has 3 atom stereocenters. The largest absolute Gasteiger partial charge is 0.508 e. The summed E-state index contributed by atoms with van der Waals surface area (Å²) in [5, 5.41) is 9.74. The summed E-state index contributed by atoms with van der Waals surface area (Å²) in [5.74, 6) is 1.15. The molecule has 1 aliphatic rings. The van der Waals surface area contributed by atoms with Crippen molar-refractivity contribution in [3.8, 4) is 5.75 Å². The van der Waals surface area contributed by atoms with E-state index in [0.29, 0.717) is 29.1 Å². The molecule has 202 valence electrons. The molecule has 3 unspecified atom stereocenters. The topological polar surface area (TPSA) is 46.5 Å². The van der Waals surface area contributed by atoms with Gasteiger partial charge in [-0.15, -0.1) is 12.6 Å². The van der Waals surface area contributed by atoms with Crippen molar-refractivity contribution in [3.05, 3.63) is 95.1 Å². The van der Waals surface area contributed by atoms with Crippen molar-refractivity contribution in [1.29, 1.82) is 0 Å². The SMILES string of the molecule is CCC(CC(CC(C)c1ccc(O)cc1)c1ccc(C(=O)OC2(C)CCCCC2)cc1)c1ccc(S)cc1. The van der Waals surface area contributed by atoms with Crippen molar-refractivity contribution in [2.24, 2.45) is 0 Å². The number of aromatic hydroxyl groups is 1. The van der Waals surface area contributed by atoms with Gasteiger partial charge in [0.15, 0.2) is 0 Å². The van der Waals surface area contributed by atoms with Crippen molar-refractivity contribution in [2.75, 3.05) is 0 Å². The third-order valence-electron chi connectivity index (χ3n) is 8.39. The number of phenolic OH excluding ortho intramolecular Hbond substituents is 1. The summed E-state index contributed by atoms with van der Waals surface area (Å²) in [5.41, 5.74) is 4.10. The van der Waals surface area contributed by atoms with E-state index in [2.05, 4.69) is 69.8 Å². The molecule has 3 aromatic rings. The van der Waals surface area contributed by atoms with Gasteiger partial charge in [0.25, 0.3) is 0 Å². The Morgan fingerprint density at radius 2 is 1.39 bits per heavy atom. The fourth-order valence-electron chi connectivity index (χ4n) is 5.94. The molecule has 0 amide bonds. The van der Waals surface area contributed by atoms with Gasteiger partial charge in [0.05, 0.1) is 5.56 Å². The van der Waals surface area contributed by atoms with Gasteiger partial charge in [0.2, 0.25) is 0 Å². The Bertz CT molecular complexity index is 1160. The van der Waals surface area contributed by atoms with E-state index in [1.54, 1.807) is 12.1 Å². The molecule has 0 aromatic heterocycles. The molecule has 3 aromatic carbocycles. The van der Waals surface area contributed by atoms with Gasteiger partial charge in [0, 0.05) is 4.90 Å². The zero-order valence-corrected chi connectivity index (χ0v) is 23.9. The van der Waals surface area contributed by atoms with Crippen LogP contribution in [0.2, 0.25) is 0 Å². The lowest BCUT2D eigenvalue weighted by Gasteiger charge is -2.33. The number of hydrogen-bond acceptors (Lipinski definition) is 4. The van der Waals surface area contributed by atoms with Crippen molar-refractivity contribution >= 4 is 18.6 Å². The van der Waals surface area contributed by atoms with E-state index in [1.165, 1.54) is 23.1 Å². The molecule has 0 bridgehead atoms. The number of thiol groups is 1. The fourth-order valence-corrected chi connectivity index (χ4v) is 6.09. The monoisotopic (exact) mass is 530 g/mol. The van der Waals surface area contributed by atoms with E-state index >= 15 is 0 Å². The molecular formula is C34H42O3S. The molecule has 0 spiro atoms. The van der Waals surface area contributed by atoms with Crippen molar-refractivity contribution < 1.29 is 14.6 Å². The number of phenols is 1. The van der Waals surface area contributed by atoms with E-state index in [4.69, 9.17) is 4.74 Å². The standard InChI is InChI=1S/C34H42O3S/c1-4-25(27-14-18-32(38)19-15-27)23-30(22-24(2)26-12-16-31(35)17-13-26)28-8-10-29(11-9-28)33(36)37-34(3)20-6-5-7-21-34/h8-19,24-25,30,35,38H,4-7,20-23H2,1-3H3. The van der Waals surface area contributed by atoms with Gasteiger partial charge in [-0.1, -0.05) is 56.7 Å². The van der Waals surface area contributed by atoms with Crippen LogP contribution < -0.4 is 0 Å². The maximum absolute atomic E-state index is 13.0. The van der Waals surface area contributed by atoms with Gasteiger partial charge in [0.1, 0.15) is 11.4 Å². The Morgan fingerprint density at radius 3 is 2.00 bits per heavy atom. The number of ether oxygens (including phenoxy) is 1. The Balaban J connectivity index is 1.54. The van der Waals surface area contributed by atoms with E-state index in [9.17, 15) is 9.90 Å². The van der Waals surface area contributed by atoms with Crippen LogP contribution in [0.4, 0.5) is 0 Å². The van der Waals surface area contributed by atoms with Crippen LogP contribution in [0.1, 0.15) is 117 Å². The summed E-state index contributed by atoms with van der Waals surface area (Å²) in [6.45, 7) is 6.58. The first-order valence-corrected chi connectivity index (χ1v) is 14.6. The molecule has 1 saturated carbocycles. The molecule has 4 heteroatoms. The number of benzene rings is 3. The Morgan fingerprint density at radius 1 is 0.842 bits per heavy atom. The van der Waals surface area contributed by atoms with Crippen molar-refractivity contribution in [1.82, 2.24) is 0 Å². The molecular weight excluding hydrogens is 488 g/mol. The summed E-state index contributed by atoms with van der Waals surface area (Å²) in [6, 6.07) is 24.2. The van der Waals surface area contributed by atoms with Crippen LogP contribution in [0, 0.1) is 0 Å². The predicted molar refractivity (Wildman–Crippen MR) is 159 cm³/mol. The summed E-state index contributed by atoms with van der Waals surface area (Å²) in [4.78, 5) is 14.0. The van der Waals surface area contributed by atoms with Crippen LogP contribution >= 0.6 is 12.6 Å². The molecule has 1 aliphatic carbocycles. The van der Waals surface area contributed by atoms with Crippen LogP contribution in [0.15, 0.2) is 77.7 Å². The predicted octanol–water partition coefficient (Wildman–Crippen LogP) is 9.42. The molecule has 0 aliphatic heterocycles. The Hall–Kier alpha value is -2.72. The Kier molecular flexibility index (Phi) is 9.59. The third kappa shape index (κ3) is 7.44. The van der Waals surface area contributed by atoms with E-state index in [-0.39, 0.29) is 11.6 Å². The number of carbonyl (C=O) groups excluding carboxylic acids is 1. The van der Waals surface area contributed by atoms with Gasteiger partial charge in [-0.2, -0.15) is 0 Å². The minimum Gasteiger partial charge on any atom is -0.508 e. The van der Waals surface area contributed by atoms with Crippen LogP contribution in [0.5, 0.6) is 5.75 Å². The van der Waals surface area contributed by atoms with Gasteiger partial charge in [-0.3, -0.25) is 0 Å². The molecule has 0 heterocycles. The highest BCUT2D eigenvalue weighted by atomic mass is 32.1. The van der Waals surface area contributed by atoms with Gasteiger partial charge >= 0.3 is 5.97 Å². The lowest BCUT2D eigenvalue weighted by molar-refractivity contribution is -0.0269. The first-order valence-electron chi connectivity index (χ1n) is 14.2. The summed E-state index contributed by atoms with van der Waals surface area (Å²) < 4.78 is 5.98. The average Bonchev–Trinajstić information content (AvgIpc) is 2.92. The summed E-state index contributed by atoms with van der Waals surface area (Å²) in [6.07, 6.45) is 8.42. The van der Waals surface area contributed by atoms with Gasteiger partial charge < -0.3 is 9.84 Å². The van der Waals surface area contributed by atoms with Gasteiger partial charge in [-0.25, -0.2) is 4.79 Å².